The Labute approximate surface area is 99.7 Å². The highest BCUT2D eigenvalue weighted by Crippen LogP contribution is 2.04. The van der Waals surface area contributed by atoms with Gasteiger partial charge in [0.1, 0.15) is 5.69 Å². The van der Waals surface area contributed by atoms with E-state index in [0.717, 1.165) is 6.42 Å². The molecule has 6 nitrogen and oxygen atoms in total. The first kappa shape index (κ1) is 13.2. The molecule has 0 saturated carbocycles. The third-order valence-electron chi connectivity index (χ3n) is 2.33. The number of carbonyl (C=O) groups excluding carboxylic acids is 1. The molecule has 2 N–H and O–H groups in total. The predicted molar refractivity (Wildman–Crippen MR) is 61.6 cm³/mol. The van der Waals surface area contributed by atoms with E-state index >= 15 is 0 Å². The molecule has 17 heavy (non-hydrogen) atoms. The normalized spacial score (nSPS) is 12.1. The number of imidazole rings is 1. The van der Waals surface area contributed by atoms with Crippen LogP contribution in [-0.2, 0) is 11.8 Å². The number of rotatable bonds is 6. The van der Waals surface area contributed by atoms with Gasteiger partial charge < -0.3 is 15.0 Å². The van der Waals surface area contributed by atoms with Crippen molar-refractivity contribution < 1.29 is 14.7 Å². The summed E-state index contributed by atoms with van der Waals surface area (Å²) in [5.41, 5.74) is 0.305. The number of aromatic nitrogens is 2. The second-order valence-electron chi connectivity index (χ2n) is 3.98. The molecule has 1 atom stereocenters. The first-order chi connectivity index (χ1) is 8.02. The molecule has 0 aliphatic carbocycles. The maximum Gasteiger partial charge on any atom is 0.305 e. The Kier molecular flexibility index (Phi) is 4.68. The monoisotopic (exact) mass is 239 g/mol. The van der Waals surface area contributed by atoms with Crippen LogP contribution in [0.25, 0.3) is 0 Å². The van der Waals surface area contributed by atoms with Gasteiger partial charge in [-0.25, -0.2) is 4.98 Å². The minimum atomic E-state index is -0.912. The smallest absolute Gasteiger partial charge is 0.305 e. The summed E-state index contributed by atoms with van der Waals surface area (Å²) >= 11 is 0. The van der Waals surface area contributed by atoms with Crippen LogP contribution >= 0.6 is 0 Å². The van der Waals surface area contributed by atoms with E-state index in [9.17, 15) is 9.59 Å². The van der Waals surface area contributed by atoms with E-state index in [2.05, 4.69) is 10.3 Å². The molecule has 6 heteroatoms. The number of aryl methyl sites for hydroxylation is 1. The molecule has 1 heterocycles. The molecule has 0 bridgehead atoms. The van der Waals surface area contributed by atoms with Gasteiger partial charge in [0.05, 0.1) is 12.7 Å². The molecule has 1 aromatic rings. The summed E-state index contributed by atoms with van der Waals surface area (Å²) in [5, 5.41) is 11.4. The van der Waals surface area contributed by atoms with Crippen LogP contribution in [0.5, 0.6) is 0 Å². The summed E-state index contributed by atoms with van der Waals surface area (Å²) in [4.78, 5) is 26.3. The van der Waals surface area contributed by atoms with Gasteiger partial charge in [-0.3, -0.25) is 9.59 Å². The van der Waals surface area contributed by atoms with Crippen molar-refractivity contribution >= 4 is 11.9 Å². The lowest BCUT2D eigenvalue weighted by Gasteiger charge is -2.14. The fourth-order valence-corrected chi connectivity index (χ4v) is 1.57. The zero-order chi connectivity index (χ0) is 12.8. The Hall–Kier alpha value is -1.85. The molecule has 1 aromatic heterocycles. The summed E-state index contributed by atoms with van der Waals surface area (Å²) in [6, 6.07) is -0.341. The van der Waals surface area contributed by atoms with Crippen LogP contribution in [0.2, 0.25) is 0 Å². The zero-order valence-electron chi connectivity index (χ0n) is 10.0. The highest BCUT2D eigenvalue weighted by atomic mass is 16.4. The molecular weight excluding hydrogens is 222 g/mol. The number of nitrogens with one attached hydrogen (secondary N) is 1. The number of amides is 1. The molecule has 94 valence electrons. The van der Waals surface area contributed by atoms with Gasteiger partial charge in [0.15, 0.2) is 0 Å². The van der Waals surface area contributed by atoms with Gasteiger partial charge in [-0.2, -0.15) is 0 Å². The average Bonchev–Trinajstić information content (AvgIpc) is 2.64. The van der Waals surface area contributed by atoms with Gasteiger partial charge >= 0.3 is 5.97 Å². The SMILES string of the molecule is CCCC(CC(=O)O)NC(=O)c1cn(C)cn1. The number of aliphatic carboxylic acids is 1. The first-order valence-electron chi connectivity index (χ1n) is 5.53. The second kappa shape index (κ2) is 6.03. The van der Waals surface area contributed by atoms with E-state index in [0.29, 0.717) is 12.1 Å². The average molecular weight is 239 g/mol. The van der Waals surface area contributed by atoms with Crippen LogP contribution in [0.1, 0.15) is 36.7 Å². The largest absolute Gasteiger partial charge is 0.481 e. The van der Waals surface area contributed by atoms with Crippen molar-refractivity contribution in [2.75, 3.05) is 0 Å². The van der Waals surface area contributed by atoms with Crippen LogP contribution in [0, 0.1) is 0 Å². The molecular formula is C11H17N3O3. The third-order valence-corrected chi connectivity index (χ3v) is 2.33. The van der Waals surface area contributed by atoms with Crippen molar-refractivity contribution in [3.05, 3.63) is 18.2 Å². The molecule has 0 fully saturated rings. The molecule has 0 radical (unpaired) electrons. The van der Waals surface area contributed by atoms with Crippen molar-refractivity contribution in [2.45, 2.75) is 32.2 Å². The summed E-state index contributed by atoms with van der Waals surface area (Å²) < 4.78 is 1.67. The Balaban J connectivity index is 2.60. The number of hydrogen-bond acceptors (Lipinski definition) is 3. The van der Waals surface area contributed by atoms with Crippen LogP contribution in [0.15, 0.2) is 12.5 Å². The summed E-state index contributed by atoms with van der Waals surface area (Å²) in [5.74, 6) is -1.24. The molecule has 0 aliphatic heterocycles. The Morgan fingerprint density at radius 2 is 2.29 bits per heavy atom. The standard InChI is InChI=1S/C11H17N3O3/c1-3-4-8(5-10(15)16)13-11(17)9-6-14(2)7-12-9/h6-8H,3-5H2,1-2H3,(H,13,17)(H,15,16). The molecule has 0 aromatic carbocycles. The fraction of sp³-hybridized carbons (Fsp3) is 0.545. The molecule has 0 saturated heterocycles. The zero-order valence-corrected chi connectivity index (χ0v) is 10.0. The van der Waals surface area contributed by atoms with E-state index in [-0.39, 0.29) is 18.4 Å². The number of carbonyl (C=O) groups is 2. The Morgan fingerprint density at radius 3 is 2.76 bits per heavy atom. The molecule has 0 spiro atoms. The molecule has 1 rings (SSSR count). The third kappa shape index (κ3) is 4.26. The van der Waals surface area contributed by atoms with Crippen molar-refractivity contribution in [1.82, 2.24) is 14.9 Å². The molecule has 0 aliphatic rings. The van der Waals surface area contributed by atoms with Crippen molar-refractivity contribution in [1.29, 1.82) is 0 Å². The number of hydrogen-bond donors (Lipinski definition) is 2. The Bertz CT molecular complexity index is 400. The van der Waals surface area contributed by atoms with Gasteiger partial charge in [0, 0.05) is 19.3 Å². The first-order valence-corrected chi connectivity index (χ1v) is 5.53. The number of carboxylic acids is 1. The minimum absolute atomic E-state index is 0.0631. The number of nitrogens with zero attached hydrogens (tertiary/aromatic N) is 2. The van der Waals surface area contributed by atoms with E-state index in [1.54, 1.807) is 17.8 Å². The highest BCUT2D eigenvalue weighted by molar-refractivity contribution is 5.92. The van der Waals surface area contributed by atoms with Gasteiger partial charge in [-0.15, -0.1) is 0 Å². The van der Waals surface area contributed by atoms with Gasteiger partial charge in [-0.1, -0.05) is 13.3 Å². The van der Waals surface area contributed by atoms with Crippen LogP contribution in [0.3, 0.4) is 0 Å². The predicted octanol–water partition coefficient (Wildman–Crippen LogP) is 0.793. The van der Waals surface area contributed by atoms with Gasteiger partial charge in [0.25, 0.3) is 5.91 Å². The molecule has 1 unspecified atom stereocenters. The van der Waals surface area contributed by atoms with Crippen LogP contribution in [0.4, 0.5) is 0 Å². The van der Waals surface area contributed by atoms with Gasteiger partial charge in [0.2, 0.25) is 0 Å². The summed E-state index contributed by atoms with van der Waals surface area (Å²) in [6.45, 7) is 1.95. The van der Waals surface area contributed by atoms with Crippen molar-refractivity contribution in [3.63, 3.8) is 0 Å². The lowest BCUT2D eigenvalue weighted by Crippen LogP contribution is -2.36. The summed E-state index contributed by atoms with van der Waals surface area (Å²) in [6.07, 6.45) is 4.53. The van der Waals surface area contributed by atoms with Crippen LogP contribution in [-0.4, -0.2) is 32.6 Å². The van der Waals surface area contributed by atoms with Crippen LogP contribution < -0.4 is 5.32 Å². The number of carboxylic acid groups (broad SMARTS) is 1. The topological polar surface area (TPSA) is 84.2 Å². The maximum atomic E-state index is 11.7. The van der Waals surface area contributed by atoms with E-state index in [4.69, 9.17) is 5.11 Å². The molecule has 1 amide bonds. The van der Waals surface area contributed by atoms with E-state index in [1.807, 2.05) is 6.92 Å². The van der Waals surface area contributed by atoms with Crippen molar-refractivity contribution in [3.8, 4) is 0 Å². The quantitative estimate of drug-likeness (QED) is 0.768. The maximum absolute atomic E-state index is 11.7. The fourth-order valence-electron chi connectivity index (χ4n) is 1.57. The van der Waals surface area contributed by atoms with Crippen molar-refractivity contribution in [2.24, 2.45) is 7.05 Å². The minimum Gasteiger partial charge on any atom is -0.481 e. The lowest BCUT2D eigenvalue weighted by atomic mass is 10.1. The second-order valence-corrected chi connectivity index (χ2v) is 3.98. The summed E-state index contributed by atoms with van der Waals surface area (Å²) in [7, 11) is 1.77. The van der Waals surface area contributed by atoms with Gasteiger partial charge in [-0.05, 0) is 6.42 Å². The Morgan fingerprint density at radius 1 is 1.59 bits per heavy atom. The highest BCUT2D eigenvalue weighted by Gasteiger charge is 2.17. The van der Waals surface area contributed by atoms with E-state index < -0.39 is 5.97 Å². The lowest BCUT2D eigenvalue weighted by molar-refractivity contribution is -0.137. The van der Waals surface area contributed by atoms with E-state index in [1.165, 1.54) is 6.33 Å².